The molecule has 0 amide bonds. The van der Waals surface area contributed by atoms with E-state index in [1.165, 1.54) is 0 Å². The summed E-state index contributed by atoms with van der Waals surface area (Å²) in [7, 11) is 0. The molecule has 0 aliphatic heterocycles. The van der Waals surface area contributed by atoms with Crippen LogP contribution in [0.5, 0.6) is 5.75 Å². The van der Waals surface area contributed by atoms with Crippen LogP contribution >= 0.6 is 56.8 Å². The van der Waals surface area contributed by atoms with Gasteiger partial charge in [0.1, 0.15) is 12.4 Å². The summed E-state index contributed by atoms with van der Waals surface area (Å²) in [5.41, 5.74) is 3.60. The predicted molar refractivity (Wildman–Crippen MR) is 141 cm³/mol. The number of aromatic amines is 4. The van der Waals surface area contributed by atoms with E-state index in [1.54, 1.807) is 0 Å². The number of aromatic nitrogens is 4. The Labute approximate surface area is 215 Å². The van der Waals surface area contributed by atoms with Gasteiger partial charge < -0.3 is 14.9 Å². The summed E-state index contributed by atoms with van der Waals surface area (Å²) in [6.45, 7) is 3.96. The first kappa shape index (κ1) is 23.2. The van der Waals surface area contributed by atoms with Crippen molar-refractivity contribution in [2.45, 2.75) is 26.4 Å². The lowest BCUT2D eigenvalue weighted by atomic mass is 9.85. The fourth-order valence-corrected chi connectivity index (χ4v) is 6.05. The van der Waals surface area contributed by atoms with E-state index < -0.39 is 5.92 Å². The van der Waals surface area contributed by atoms with Crippen LogP contribution in [0.2, 0.25) is 5.02 Å². The molecule has 4 aromatic rings. The lowest BCUT2D eigenvalue weighted by molar-refractivity contribution is 0.301. The number of benzene rings is 2. The van der Waals surface area contributed by atoms with Gasteiger partial charge in [-0.3, -0.25) is 19.8 Å². The van der Waals surface area contributed by atoms with Crippen molar-refractivity contribution < 1.29 is 4.74 Å². The van der Waals surface area contributed by atoms with Crippen molar-refractivity contribution in [1.82, 2.24) is 20.4 Å². The highest BCUT2D eigenvalue weighted by Crippen LogP contribution is 2.37. The van der Waals surface area contributed by atoms with E-state index in [2.05, 4.69) is 65.6 Å². The molecule has 0 bridgehead atoms. The maximum Gasteiger partial charge on any atom is 0.268 e. The first-order valence-corrected chi connectivity index (χ1v) is 12.2. The van der Waals surface area contributed by atoms with E-state index in [9.17, 15) is 9.59 Å². The highest BCUT2D eigenvalue weighted by atomic mass is 127. The highest BCUT2D eigenvalue weighted by molar-refractivity contribution is 14.1. The first-order valence-electron chi connectivity index (χ1n) is 9.67. The Morgan fingerprint density at radius 3 is 1.91 bits per heavy atom. The zero-order valence-corrected chi connectivity index (χ0v) is 22.2. The predicted octanol–water partition coefficient (Wildman–Crippen LogP) is 4.96. The van der Waals surface area contributed by atoms with E-state index in [-0.39, 0.29) is 11.1 Å². The van der Waals surface area contributed by atoms with Gasteiger partial charge in [-0.25, -0.2) is 0 Å². The Kier molecular flexibility index (Phi) is 6.86. The third-order valence-electron chi connectivity index (χ3n) is 5.29. The quantitative estimate of drug-likeness (QED) is 0.217. The van der Waals surface area contributed by atoms with Gasteiger partial charge in [0.15, 0.2) is 0 Å². The second-order valence-electron chi connectivity index (χ2n) is 7.36. The van der Waals surface area contributed by atoms with Gasteiger partial charge in [0, 0.05) is 27.9 Å². The molecule has 0 aliphatic rings. The van der Waals surface area contributed by atoms with Gasteiger partial charge in [0.05, 0.1) is 18.3 Å². The van der Waals surface area contributed by atoms with Crippen LogP contribution in [-0.2, 0) is 6.61 Å². The second-order valence-corrected chi connectivity index (χ2v) is 10.1. The maximum atomic E-state index is 12.7. The van der Waals surface area contributed by atoms with Gasteiger partial charge in [-0.15, -0.1) is 0 Å². The molecule has 166 valence electrons. The third-order valence-corrected chi connectivity index (χ3v) is 7.26. The van der Waals surface area contributed by atoms with Crippen molar-refractivity contribution >= 4 is 56.8 Å². The molecule has 32 heavy (non-hydrogen) atoms. The minimum absolute atomic E-state index is 0.253. The number of nitrogens with one attached hydrogen (secondary N) is 4. The molecule has 0 aliphatic carbocycles. The first-order chi connectivity index (χ1) is 15.3. The summed E-state index contributed by atoms with van der Waals surface area (Å²) in [6, 6.07) is 11.5. The molecule has 10 heteroatoms. The summed E-state index contributed by atoms with van der Waals surface area (Å²) in [5.74, 6) is 0.188. The molecule has 0 radical (unpaired) electrons. The largest absolute Gasteiger partial charge is 0.487 e. The molecular formula is C22H19ClI2N4O3. The van der Waals surface area contributed by atoms with Gasteiger partial charge in [0.2, 0.25) is 0 Å². The molecule has 2 aromatic carbocycles. The number of H-pyrrole nitrogens is 4. The van der Waals surface area contributed by atoms with Gasteiger partial charge in [-0.05, 0) is 82.8 Å². The number of rotatable bonds is 6. The summed E-state index contributed by atoms with van der Waals surface area (Å²) >= 11 is 10.7. The van der Waals surface area contributed by atoms with E-state index in [0.29, 0.717) is 34.1 Å². The molecule has 7 nitrogen and oxygen atoms in total. The fourth-order valence-electron chi connectivity index (χ4n) is 3.73. The van der Waals surface area contributed by atoms with E-state index in [4.69, 9.17) is 16.3 Å². The fraction of sp³-hybridized carbons (Fsp3) is 0.182. The zero-order chi connectivity index (χ0) is 23.0. The average Bonchev–Trinajstić information content (AvgIpc) is 3.25. The van der Waals surface area contributed by atoms with Gasteiger partial charge in [-0.2, -0.15) is 0 Å². The van der Waals surface area contributed by atoms with Crippen LogP contribution in [0.3, 0.4) is 0 Å². The molecule has 4 N–H and O–H groups in total. The average molecular weight is 677 g/mol. The topological polar surface area (TPSA) is 107 Å². The number of ether oxygens (including phenoxy) is 1. The third kappa shape index (κ3) is 4.42. The number of hydrogen-bond donors (Lipinski definition) is 4. The summed E-state index contributed by atoms with van der Waals surface area (Å²) in [6.07, 6.45) is 0. The molecule has 2 aromatic heterocycles. The Morgan fingerprint density at radius 2 is 1.44 bits per heavy atom. The Balaban J connectivity index is 1.79. The van der Waals surface area contributed by atoms with Crippen molar-refractivity contribution in [3.05, 3.63) is 103 Å². The van der Waals surface area contributed by atoms with Crippen LogP contribution in [0.4, 0.5) is 0 Å². The monoisotopic (exact) mass is 676 g/mol. The normalized spacial score (nSPS) is 11.3. The molecule has 0 unspecified atom stereocenters. The highest BCUT2D eigenvalue weighted by Gasteiger charge is 2.29. The van der Waals surface area contributed by atoms with Crippen molar-refractivity contribution in [3.63, 3.8) is 0 Å². The SMILES string of the molecule is Cc1[nH][nH]c(=O)c1C(c1cc(I)c(OCc2ccccc2Cl)c(I)c1)c1c(C)[nH][nH]c1=O. The molecule has 0 atom stereocenters. The van der Waals surface area contributed by atoms with Crippen molar-refractivity contribution in [2.24, 2.45) is 0 Å². The smallest absolute Gasteiger partial charge is 0.268 e. The van der Waals surface area contributed by atoms with Crippen LogP contribution in [0.25, 0.3) is 0 Å². The summed E-state index contributed by atoms with van der Waals surface area (Å²) < 4.78 is 7.84. The van der Waals surface area contributed by atoms with Crippen LogP contribution in [0.15, 0.2) is 46.0 Å². The second kappa shape index (κ2) is 9.48. The molecule has 0 fully saturated rings. The van der Waals surface area contributed by atoms with Crippen LogP contribution in [0, 0.1) is 21.0 Å². The summed E-state index contributed by atoms with van der Waals surface area (Å²) in [4.78, 5) is 25.3. The number of halogens is 3. The Morgan fingerprint density at radius 1 is 0.906 bits per heavy atom. The molecule has 0 saturated carbocycles. The number of aryl methyl sites for hydroxylation is 2. The Hall–Kier alpha value is -1.99. The molecular weight excluding hydrogens is 658 g/mol. The van der Waals surface area contributed by atoms with E-state index in [0.717, 1.165) is 24.0 Å². The maximum absolute atomic E-state index is 12.7. The number of hydrogen-bond acceptors (Lipinski definition) is 3. The molecule has 2 heterocycles. The van der Waals surface area contributed by atoms with E-state index in [1.807, 2.05) is 50.2 Å². The zero-order valence-electron chi connectivity index (χ0n) is 17.1. The van der Waals surface area contributed by atoms with Crippen LogP contribution in [-0.4, -0.2) is 20.4 Å². The minimum atomic E-state index is -0.542. The lowest BCUT2D eigenvalue weighted by Crippen LogP contribution is -2.20. The van der Waals surface area contributed by atoms with Crippen molar-refractivity contribution in [2.75, 3.05) is 0 Å². The Bertz CT molecular complexity index is 1330. The van der Waals surface area contributed by atoms with Crippen molar-refractivity contribution in [1.29, 1.82) is 0 Å². The van der Waals surface area contributed by atoms with Gasteiger partial charge in [0.25, 0.3) is 11.1 Å². The summed E-state index contributed by atoms with van der Waals surface area (Å²) in [5, 5.41) is 11.7. The van der Waals surface area contributed by atoms with Gasteiger partial charge >= 0.3 is 0 Å². The van der Waals surface area contributed by atoms with Gasteiger partial charge in [-0.1, -0.05) is 29.8 Å². The van der Waals surface area contributed by atoms with Crippen LogP contribution in [0.1, 0.15) is 39.6 Å². The van der Waals surface area contributed by atoms with Crippen LogP contribution < -0.4 is 15.9 Å². The minimum Gasteiger partial charge on any atom is -0.487 e. The standard InChI is InChI=1S/C22H19ClI2N4O3/c1-10-17(21(30)28-26-10)19(18-11(2)27-29-22(18)31)13-7-15(24)20(16(25)8-13)32-9-12-5-3-4-6-14(12)23/h3-8,19H,9H2,1-2H3,(H2,26,28,30)(H2,27,29,31). The molecule has 0 saturated heterocycles. The van der Waals surface area contributed by atoms with E-state index >= 15 is 0 Å². The molecule has 4 rings (SSSR count). The lowest BCUT2D eigenvalue weighted by Gasteiger charge is -2.19. The molecule has 0 spiro atoms. The van der Waals surface area contributed by atoms with Crippen molar-refractivity contribution in [3.8, 4) is 5.75 Å².